The Kier molecular flexibility index (Phi) is 6.53. The Hall–Kier alpha value is -2.44. The molecule has 1 atom stereocenters. The van der Waals surface area contributed by atoms with E-state index in [1.807, 2.05) is 24.3 Å². The topological polar surface area (TPSA) is 38.7 Å². The van der Waals surface area contributed by atoms with Crippen LogP contribution in [0.4, 0.5) is 0 Å². The molecule has 2 aromatic rings. The van der Waals surface area contributed by atoms with E-state index >= 15 is 0 Å². The van der Waals surface area contributed by atoms with E-state index in [4.69, 9.17) is 9.47 Å². The first-order valence-corrected chi connectivity index (χ1v) is 7.74. The Morgan fingerprint density at radius 1 is 0.913 bits per heavy atom. The third-order valence-electron chi connectivity index (χ3n) is 3.54. The molecule has 3 heteroatoms. The van der Waals surface area contributed by atoms with E-state index in [9.17, 15) is 5.11 Å². The minimum atomic E-state index is 0.246. The van der Waals surface area contributed by atoms with Crippen molar-refractivity contribution < 1.29 is 14.6 Å². The molecule has 0 saturated carbocycles. The molecule has 0 bridgehead atoms. The van der Waals surface area contributed by atoms with Crippen molar-refractivity contribution in [1.29, 1.82) is 0 Å². The molecule has 2 rings (SSSR count). The third-order valence-corrected chi connectivity index (χ3v) is 3.54. The van der Waals surface area contributed by atoms with Gasteiger partial charge in [-0.05, 0) is 55.0 Å². The van der Waals surface area contributed by atoms with Crippen molar-refractivity contribution in [3.63, 3.8) is 0 Å². The van der Waals surface area contributed by atoms with Crippen molar-refractivity contribution in [1.82, 2.24) is 0 Å². The second-order valence-electron chi connectivity index (χ2n) is 5.36. The van der Waals surface area contributed by atoms with Crippen LogP contribution in [0.15, 0.2) is 48.5 Å². The number of phenols is 1. The Morgan fingerprint density at radius 2 is 1.48 bits per heavy atom. The van der Waals surface area contributed by atoms with Crippen molar-refractivity contribution in [3.05, 3.63) is 59.7 Å². The maximum atomic E-state index is 9.24. The van der Waals surface area contributed by atoms with E-state index in [1.54, 1.807) is 31.4 Å². The second-order valence-corrected chi connectivity index (χ2v) is 5.36. The van der Waals surface area contributed by atoms with E-state index in [0.29, 0.717) is 19.1 Å². The molecule has 0 heterocycles. The minimum Gasteiger partial charge on any atom is -0.508 e. The fourth-order valence-corrected chi connectivity index (χ4v) is 2.06. The lowest BCUT2D eigenvalue weighted by Crippen LogP contribution is -2.16. The maximum absolute atomic E-state index is 9.24. The van der Waals surface area contributed by atoms with Gasteiger partial charge in [-0.15, -0.1) is 0 Å². The van der Waals surface area contributed by atoms with Crippen molar-refractivity contribution in [2.75, 3.05) is 20.3 Å². The van der Waals surface area contributed by atoms with Crippen molar-refractivity contribution in [3.8, 4) is 23.3 Å². The zero-order valence-corrected chi connectivity index (χ0v) is 13.6. The predicted octanol–water partition coefficient (Wildman–Crippen LogP) is 3.84. The Bertz CT molecular complexity index is 648. The lowest BCUT2D eigenvalue weighted by molar-refractivity contribution is 0.116. The van der Waals surface area contributed by atoms with E-state index < -0.39 is 0 Å². The summed E-state index contributed by atoms with van der Waals surface area (Å²) in [5.41, 5.74) is 1.79. The van der Waals surface area contributed by atoms with Gasteiger partial charge in [0.05, 0.1) is 13.2 Å². The summed E-state index contributed by atoms with van der Waals surface area (Å²) >= 11 is 0. The number of phenolic OH excluding ortho intramolecular Hbond substituents is 1. The average molecular weight is 310 g/mol. The molecule has 3 nitrogen and oxygen atoms in total. The maximum Gasteiger partial charge on any atom is 0.119 e. The smallest absolute Gasteiger partial charge is 0.119 e. The van der Waals surface area contributed by atoms with Gasteiger partial charge in [0.2, 0.25) is 0 Å². The summed E-state index contributed by atoms with van der Waals surface area (Å²) in [5.74, 6) is 7.66. The lowest BCUT2D eigenvalue weighted by atomic mass is 10.1. The van der Waals surface area contributed by atoms with Gasteiger partial charge in [0, 0.05) is 24.2 Å². The van der Waals surface area contributed by atoms with Crippen LogP contribution in [0.25, 0.3) is 0 Å². The zero-order chi connectivity index (χ0) is 16.5. The fraction of sp³-hybridized carbons (Fsp3) is 0.300. The minimum absolute atomic E-state index is 0.246. The first kappa shape index (κ1) is 16.9. The molecule has 0 aliphatic rings. The summed E-state index contributed by atoms with van der Waals surface area (Å²) in [5, 5.41) is 9.24. The van der Waals surface area contributed by atoms with Gasteiger partial charge in [0.1, 0.15) is 11.5 Å². The largest absolute Gasteiger partial charge is 0.508 e. The van der Waals surface area contributed by atoms with Crippen LogP contribution in [-0.2, 0) is 4.74 Å². The summed E-state index contributed by atoms with van der Waals surface area (Å²) in [7, 11) is 1.71. The third kappa shape index (κ3) is 5.69. The summed E-state index contributed by atoms with van der Waals surface area (Å²) in [6.45, 7) is 3.50. The Labute approximate surface area is 137 Å². The Balaban J connectivity index is 1.93. The Morgan fingerprint density at radius 3 is 2.00 bits per heavy atom. The van der Waals surface area contributed by atoms with Gasteiger partial charge >= 0.3 is 0 Å². The number of ether oxygens (including phenoxy) is 2. The van der Waals surface area contributed by atoms with Crippen molar-refractivity contribution >= 4 is 0 Å². The standard InChI is InChI=1S/C20H22O3/c1-3-16(14-22-2)15-23-20-12-8-18(9-13-20)5-4-17-6-10-19(21)11-7-17/h6-13,16,21H,3,14-15H2,1-2H3. The first-order chi connectivity index (χ1) is 11.2. The highest BCUT2D eigenvalue weighted by Gasteiger charge is 2.06. The molecule has 0 spiro atoms. The number of rotatable bonds is 6. The lowest BCUT2D eigenvalue weighted by Gasteiger charge is -2.14. The molecule has 0 amide bonds. The van der Waals surface area contributed by atoms with Crippen molar-refractivity contribution in [2.24, 2.45) is 5.92 Å². The molecule has 23 heavy (non-hydrogen) atoms. The SMILES string of the molecule is CCC(COC)COc1ccc(C#Cc2ccc(O)cc2)cc1. The molecule has 2 aromatic carbocycles. The molecule has 0 aromatic heterocycles. The van der Waals surface area contributed by atoms with Gasteiger partial charge in [-0.1, -0.05) is 18.8 Å². The molecular formula is C20H22O3. The van der Waals surface area contributed by atoms with Crippen LogP contribution in [0.5, 0.6) is 11.5 Å². The van der Waals surface area contributed by atoms with E-state index in [-0.39, 0.29) is 5.75 Å². The second kappa shape index (κ2) is 8.87. The molecule has 1 N–H and O–H groups in total. The van der Waals surface area contributed by atoms with Gasteiger partial charge in [-0.3, -0.25) is 0 Å². The highest BCUT2D eigenvalue weighted by Crippen LogP contribution is 2.14. The number of aromatic hydroxyl groups is 1. The quantitative estimate of drug-likeness (QED) is 0.824. The number of hydrogen-bond acceptors (Lipinski definition) is 3. The normalized spacial score (nSPS) is 11.4. The first-order valence-electron chi connectivity index (χ1n) is 7.74. The van der Waals surface area contributed by atoms with Gasteiger partial charge in [-0.2, -0.15) is 0 Å². The summed E-state index contributed by atoms with van der Waals surface area (Å²) < 4.78 is 11.0. The number of hydrogen-bond donors (Lipinski definition) is 1. The number of methoxy groups -OCH3 is 1. The summed E-state index contributed by atoms with van der Waals surface area (Å²) in [6.07, 6.45) is 1.03. The molecule has 0 radical (unpaired) electrons. The van der Waals surface area contributed by atoms with E-state index in [0.717, 1.165) is 23.3 Å². The van der Waals surface area contributed by atoms with E-state index in [1.165, 1.54) is 0 Å². The highest BCUT2D eigenvalue weighted by molar-refractivity contribution is 5.45. The summed E-state index contributed by atoms with van der Waals surface area (Å²) in [4.78, 5) is 0. The molecule has 0 saturated heterocycles. The number of benzene rings is 2. The van der Waals surface area contributed by atoms with Gasteiger partial charge in [0.15, 0.2) is 0 Å². The van der Waals surface area contributed by atoms with E-state index in [2.05, 4.69) is 18.8 Å². The van der Waals surface area contributed by atoms with Crippen LogP contribution in [0.2, 0.25) is 0 Å². The van der Waals surface area contributed by atoms with Crippen LogP contribution >= 0.6 is 0 Å². The van der Waals surface area contributed by atoms with Crippen molar-refractivity contribution in [2.45, 2.75) is 13.3 Å². The average Bonchev–Trinajstić information content (AvgIpc) is 2.59. The molecule has 0 aliphatic heterocycles. The van der Waals surface area contributed by atoms with Crippen LogP contribution in [-0.4, -0.2) is 25.4 Å². The molecule has 0 fully saturated rings. The van der Waals surface area contributed by atoms with Crippen LogP contribution in [0.3, 0.4) is 0 Å². The molecular weight excluding hydrogens is 288 g/mol. The molecule has 1 unspecified atom stereocenters. The van der Waals surface area contributed by atoms with Gasteiger partial charge in [0.25, 0.3) is 0 Å². The monoisotopic (exact) mass is 310 g/mol. The van der Waals surface area contributed by atoms with Crippen LogP contribution in [0.1, 0.15) is 24.5 Å². The summed E-state index contributed by atoms with van der Waals surface area (Å²) in [6, 6.07) is 14.6. The predicted molar refractivity (Wildman–Crippen MR) is 91.7 cm³/mol. The van der Waals surface area contributed by atoms with Crippen LogP contribution in [0, 0.1) is 17.8 Å². The van der Waals surface area contributed by atoms with Crippen LogP contribution < -0.4 is 4.74 Å². The molecule has 120 valence electrons. The van der Waals surface area contributed by atoms with Gasteiger partial charge in [-0.25, -0.2) is 0 Å². The fourth-order valence-electron chi connectivity index (χ4n) is 2.06. The zero-order valence-electron chi connectivity index (χ0n) is 13.6. The molecule has 0 aliphatic carbocycles. The highest BCUT2D eigenvalue weighted by atomic mass is 16.5. The van der Waals surface area contributed by atoms with Gasteiger partial charge < -0.3 is 14.6 Å².